The number of rotatable bonds is 8. The van der Waals surface area contributed by atoms with E-state index in [0.29, 0.717) is 12.0 Å². The third kappa shape index (κ3) is 5.85. The summed E-state index contributed by atoms with van der Waals surface area (Å²) in [6.45, 7) is 7.51. The molecule has 0 aromatic carbocycles. The Morgan fingerprint density at radius 2 is 1.94 bits per heavy atom. The average molecular weight is 243 g/mol. The monoisotopic (exact) mass is 243 g/mol. The third-order valence-corrected chi connectivity index (χ3v) is 4.23. The van der Waals surface area contributed by atoms with Crippen LogP contribution in [-0.2, 0) is 0 Å². The maximum atomic E-state index is 12.6. The maximum absolute atomic E-state index is 12.6. The lowest BCUT2D eigenvalue weighted by Gasteiger charge is -2.46. The van der Waals surface area contributed by atoms with Crippen molar-refractivity contribution in [2.45, 2.75) is 65.7 Å². The molecule has 1 aliphatic rings. The SMILES string of the molecule is CC(C)CCCCC1CC(C)(CCN(C)F)C1. The molecule has 17 heavy (non-hydrogen) atoms. The first-order chi connectivity index (χ1) is 7.91. The van der Waals surface area contributed by atoms with E-state index in [2.05, 4.69) is 20.8 Å². The Labute approximate surface area is 107 Å². The van der Waals surface area contributed by atoms with Gasteiger partial charge in [0, 0.05) is 13.6 Å². The molecule has 0 spiro atoms. The molecule has 0 unspecified atom stereocenters. The highest BCUT2D eigenvalue weighted by atomic mass is 19.2. The Bertz CT molecular complexity index is 207. The van der Waals surface area contributed by atoms with E-state index >= 15 is 0 Å². The summed E-state index contributed by atoms with van der Waals surface area (Å²) < 4.78 is 12.6. The summed E-state index contributed by atoms with van der Waals surface area (Å²) in [6.07, 6.45) is 9.21. The van der Waals surface area contributed by atoms with E-state index in [0.717, 1.165) is 23.4 Å². The Morgan fingerprint density at radius 1 is 1.29 bits per heavy atom. The van der Waals surface area contributed by atoms with Crippen molar-refractivity contribution < 1.29 is 4.48 Å². The van der Waals surface area contributed by atoms with Gasteiger partial charge in [-0.2, -0.15) is 0 Å². The summed E-state index contributed by atoms with van der Waals surface area (Å²) in [6, 6.07) is 0. The van der Waals surface area contributed by atoms with Gasteiger partial charge in [-0.3, -0.25) is 0 Å². The number of halogens is 1. The minimum atomic E-state index is 0.434. The summed E-state index contributed by atoms with van der Waals surface area (Å²) in [5, 5.41) is 0.821. The molecule has 0 radical (unpaired) electrons. The lowest BCUT2D eigenvalue weighted by molar-refractivity contribution is 0.00272. The molecule has 0 N–H and O–H groups in total. The predicted molar refractivity (Wildman–Crippen MR) is 72.5 cm³/mol. The highest BCUT2D eigenvalue weighted by molar-refractivity contribution is 4.90. The van der Waals surface area contributed by atoms with Crippen molar-refractivity contribution in [1.29, 1.82) is 0 Å². The Hall–Kier alpha value is -0.110. The fourth-order valence-electron chi connectivity index (χ4n) is 3.15. The first-order valence-corrected chi connectivity index (χ1v) is 7.28. The topological polar surface area (TPSA) is 3.24 Å². The van der Waals surface area contributed by atoms with Crippen LogP contribution in [0.25, 0.3) is 0 Å². The summed E-state index contributed by atoms with van der Waals surface area (Å²) in [4.78, 5) is 0. The minimum absolute atomic E-state index is 0.434. The van der Waals surface area contributed by atoms with Crippen LogP contribution in [0.2, 0.25) is 0 Å². The van der Waals surface area contributed by atoms with E-state index in [1.165, 1.54) is 45.6 Å². The van der Waals surface area contributed by atoms with Crippen LogP contribution in [-0.4, -0.2) is 18.7 Å². The van der Waals surface area contributed by atoms with Crippen LogP contribution in [0.5, 0.6) is 0 Å². The molecule has 1 rings (SSSR count). The fourth-order valence-corrected chi connectivity index (χ4v) is 3.15. The molecular weight excluding hydrogens is 213 g/mol. The molecule has 1 nitrogen and oxygen atoms in total. The van der Waals surface area contributed by atoms with E-state index in [1.807, 2.05) is 0 Å². The van der Waals surface area contributed by atoms with Crippen LogP contribution in [0, 0.1) is 17.3 Å². The molecule has 0 aromatic rings. The second-order valence-electron chi connectivity index (χ2n) is 6.84. The molecule has 0 heterocycles. The molecular formula is C15H30FN. The molecule has 0 amide bonds. The van der Waals surface area contributed by atoms with E-state index in [9.17, 15) is 4.48 Å². The molecule has 1 aliphatic carbocycles. The molecule has 0 saturated heterocycles. The first kappa shape index (κ1) is 14.9. The zero-order valence-corrected chi connectivity index (χ0v) is 12.1. The normalized spacial score (nSPS) is 28.8. The number of hydrogen-bond donors (Lipinski definition) is 0. The first-order valence-electron chi connectivity index (χ1n) is 7.28. The van der Waals surface area contributed by atoms with Crippen molar-refractivity contribution >= 4 is 0 Å². The predicted octanol–water partition coefficient (Wildman–Crippen LogP) is 4.83. The van der Waals surface area contributed by atoms with E-state index in [-0.39, 0.29) is 0 Å². The second kappa shape index (κ2) is 6.72. The molecule has 1 fully saturated rings. The zero-order chi connectivity index (χ0) is 12.9. The van der Waals surface area contributed by atoms with Gasteiger partial charge in [0.1, 0.15) is 0 Å². The maximum Gasteiger partial charge on any atom is 0.0292 e. The van der Waals surface area contributed by atoms with Crippen LogP contribution in [0.3, 0.4) is 0 Å². The van der Waals surface area contributed by atoms with Gasteiger partial charge in [-0.05, 0) is 36.5 Å². The van der Waals surface area contributed by atoms with Crippen molar-refractivity contribution in [3.63, 3.8) is 0 Å². The smallest absolute Gasteiger partial charge is 0.0292 e. The Kier molecular flexibility index (Phi) is 5.91. The zero-order valence-electron chi connectivity index (χ0n) is 12.1. The van der Waals surface area contributed by atoms with Crippen molar-refractivity contribution in [3.05, 3.63) is 0 Å². The van der Waals surface area contributed by atoms with Crippen molar-refractivity contribution in [2.24, 2.45) is 17.3 Å². The highest BCUT2D eigenvalue weighted by Crippen LogP contribution is 2.49. The van der Waals surface area contributed by atoms with Gasteiger partial charge < -0.3 is 0 Å². The van der Waals surface area contributed by atoms with Crippen LogP contribution in [0.1, 0.15) is 65.7 Å². The Balaban J connectivity index is 2.02. The number of unbranched alkanes of at least 4 members (excludes halogenated alkanes) is 1. The van der Waals surface area contributed by atoms with E-state index in [1.54, 1.807) is 0 Å². The highest BCUT2D eigenvalue weighted by Gasteiger charge is 2.39. The molecule has 2 heteroatoms. The van der Waals surface area contributed by atoms with Gasteiger partial charge in [0.15, 0.2) is 0 Å². The molecule has 0 atom stereocenters. The van der Waals surface area contributed by atoms with Gasteiger partial charge in [-0.1, -0.05) is 46.5 Å². The van der Waals surface area contributed by atoms with Gasteiger partial charge in [-0.15, -0.1) is 9.60 Å². The van der Waals surface area contributed by atoms with Gasteiger partial charge in [0.05, 0.1) is 0 Å². The van der Waals surface area contributed by atoms with E-state index in [4.69, 9.17) is 0 Å². The Morgan fingerprint density at radius 3 is 2.47 bits per heavy atom. The summed E-state index contributed by atoms with van der Waals surface area (Å²) in [5.74, 6) is 1.78. The van der Waals surface area contributed by atoms with E-state index < -0.39 is 0 Å². The third-order valence-electron chi connectivity index (χ3n) is 4.23. The fraction of sp³-hybridized carbons (Fsp3) is 1.00. The minimum Gasteiger partial charge on any atom is -0.149 e. The number of nitrogens with zero attached hydrogens (tertiary/aromatic N) is 1. The van der Waals surface area contributed by atoms with Gasteiger partial charge in [0.2, 0.25) is 0 Å². The molecule has 0 aliphatic heterocycles. The van der Waals surface area contributed by atoms with Gasteiger partial charge in [-0.25, -0.2) is 0 Å². The summed E-state index contributed by atoms with van der Waals surface area (Å²) >= 11 is 0. The van der Waals surface area contributed by atoms with Gasteiger partial charge >= 0.3 is 0 Å². The molecule has 1 saturated carbocycles. The van der Waals surface area contributed by atoms with Crippen LogP contribution >= 0.6 is 0 Å². The quantitative estimate of drug-likeness (QED) is 0.436. The molecule has 0 bridgehead atoms. The average Bonchev–Trinajstić information content (AvgIpc) is 2.18. The summed E-state index contributed by atoms with van der Waals surface area (Å²) in [5.41, 5.74) is 0.434. The largest absolute Gasteiger partial charge is 0.149 e. The van der Waals surface area contributed by atoms with Crippen molar-refractivity contribution in [2.75, 3.05) is 13.6 Å². The van der Waals surface area contributed by atoms with Crippen LogP contribution in [0.15, 0.2) is 0 Å². The lowest BCUT2D eigenvalue weighted by atomic mass is 9.60. The molecule has 102 valence electrons. The second-order valence-corrected chi connectivity index (χ2v) is 6.84. The summed E-state index contributed by atoms with van der Waals surface area (Å²) in [7, 11) is 1.52. The van der Waals surface area contributed by atoms with Crippen LogP contribution < -0.4 is 0 Å². The molecule has 0 aromatic heterocycles. The number of hydrogen-bond acceptors (Lipinski definition) is 1. The van der Waals surface area contributed by atoms with Crippen molar-refractivity contribution in [1.82, 2.24) is 5.12 Å². The lowest BCUT2D eigenvalue weighted by Crippen LogP contribution is -2.36. The van der Waals surface area contributed by atoms with Crippen molar-refractivity contribution in [3.8, 4) is 0 Å². The standard InChI is InChI=1S/C15H30FN/c1-13(2)7-5-6-8-14-11-15(3,12-14)9-10-17(4)16/h13-14H,5-12H2,1-4H3. The van der Waals surface area contributed by atoms with Crippen LogP contribution in [0.4, 0.5) is 4.48 Å². The van der Waals surface area contributed by atoms with Gasteiger partial charge in [0.25, 0.3) is 0 Å².